The predicted molar refractivity (Wildman–Crippen MR) is 42.0 cm³/mol. The topological polar surface area (TPSA) is 0 Å². The van der Waals surface area contributed by atoms with Crippen molar-refractivity contribution in [1.29, 1.82) is 0 Å². The van der Waals surface area contributed by atoms with Gasteiger partial charge in [0, 0.05) is 32.7 Å². The van der Waals surface area contributed by atoms with E-state index in [0.717, 1.165) is 0 Å². The number of hydrogen-bond donors (Lipinski definition) is 0. The summed E-state index contributed by atoms with van der Waals surface area (Å²) >= 11 is 0. The van der Waals surface area contributed by atoms with Gasteiger partial charge >= 0.3 is 0 Å². The molecule has 0 aliphatic carbocycles. The van der Waals surface area contributed by atoms with Gasteiger partial charge in [-0.2, -0.15) is 30.4 Å². The van der Waals surface area contributed by atoms with Crippen LogP contribution in [0.5, 0.6) is 0 Å². The molecule has 0 rings (SSSR count). The summed E-state index contributed by atoms with van der Waals surface area (Å²) in [6, 6.07) is 0. The van der Waals surface area contributed by atoms with Crippen LogP contribution in [0, 0.1) is 6.08 Å². The maximum atomic E-state index is 3.52. The van der Waals surface area contributed by atoms with Gasteiger partial charge in [0.15, 0.2) is 0 Å². The Balaban J connectivity index is 0. The van der Waals surface area contributed by atoms with Crippen molar-refractivity contribution in [2.24, 2.45) is 0 Å². The molecule has 51 valence electrons. The minimum atomic E-state index is 0. The molecule has 0 N–H and O–H groups in total. The van der Waals surface area contributed by atoms with Crippen LogP contribution in [0.1, 0.15) is 6.92 Å². The Hall–Kier alpha value is 0.0639. The van der Waals surface area contributed by atoms with Crippen molar-refractivity contribution in [3.05, 3.63) is 49.1 Å². The standard InChI is InChI=1S/C9H11.Y/c1-3-5-7-9-8-6-4-2;/h3-8H,1H2,2H3;/q-1;. The van der Waals surface area contributed by atoms with Gasteiger partial charge in [0.05, 0.1) is 0 Å². The zero-order valence-electron chi connectivity index (χ0n) is 6.25. The molecule has 0 spiro atoms. The van der Waals surface area contributed by atoms with Crippen LogP contribution in [0.2, 0.25) is 0 Å². The molecule has 1 heteroatoms. The molecule has 10 heavy (non-hydrogen) atoms. The van der Waals surface area contributed by atoms with Crippen molar-refractivity contribution in [1.82, 2.24) is 0 Å². The van der Waals surface area contributed by atoms with Gasteiger partial charge in [-0.1, -0.05) is 6.92 Å². The Morgan fingerprint density at radius 1 is 1.30 bits per heavy atom. The SMILES string of the molecule is C=CC=C[C-]=CC=CC.[Y]. The zero-order valence-corrected chi connectivity index (χ0v) is 9.09. The smallest absolute Gasteiger partial charge is 0 e. The van der Waals surface area contributed by atoms with E-state index in [-0.39, 0.29) is 32.7 Å². The molecule has 0 atom stereocenters. The van der Waals surface area contributed by atoms with Crippen LogP contribution in [-0.2, 0) is 32.7 Å². The molecular weight excluding hydrogens is 197 g/mol. The second kappa shape index (κ2) is 11.8. The van der Waals surface area contributed by atoms with Gasteiger partial charge in [-0.15, -0.1) is 18.7 Å². The van der Waals surface area contributed by atoms with E-state index in [4.69, 9.17) is 0 Å². The molecule has 0 saturated carbocycles. The fourth-order valence-electron chi connectivity index (χ4n) is 0.331. The summed E-state index contributed by atoms with van der Waals surface area (Å²) in [5.41, 5.74) is 0. The van der Waals surface area contributed by atoms with Crippen LogP contribution in [0.25, 0.3) is 0 Å². The van der Waals surface area contributed by atoms with Gasteiger partial charge in [-0.05, 0) is 0 Å². The number of rotatable bonds is 3. The molecular formula is C9H11Y-. The summed E-state index contributed by atoms with van der Waals surface area (Å²) in [6.07, 6.45) is 14.0. The molecule has 0 aliphatic heterocycles. The molecule has 0 heterocycles. The molecule has 0 aromatic rings. The average Bonchev–Trinajstić information content (AvgIpc) is 1.89. The van der Waals surface area contributed by atoms with Crippen molar-refractivity contribution in [3.8, 4) is 0 Å². The Bertz CT molecular complexity index is 141. The van der Waals surface area contributed by atoms with E-state index >= 15 is 0 Å². The molecule has 0 unspecified atom stereocenters. The first-order chi connectivity index (χ1) is 4.41. The third-order valence-electron chi connectivity index (χ3n) is 0.713. The van der Waals surface area contributed by atoms with Crippen LogP contribution in [0.3, 0.4) is 0 Å². The maximum Gasteiger partial charge on any atom is 0 e. The van der Waals surface area contributed by atoms with Crippen LogP contribution >= 0.6 is 0 Å². The first-order valence-electron chi connectivity index (χ1n) is 2.90. The van der Waals surface area contributed by atoms with E-state index in [1.54, 1.807) is 6.08 Å². The summed E-state index contributed by atoms with van der Waals surface area (Å²) in [5, 5.41) is 0. The first kappa shape index (κ1) is 12.7. The van der Waals surface area contributed by atoms with Gasteiger partial charge in [-0.3, -0.25) is 0 Å². The third kappa shape index (κ3) is 10.9. The van der Waals surface area contributed by atoms with Gasteiger partial charge in [-0.25, -0.2) is 0 Å². The van der Waals surface area contributed by atoms with E-state index in [9.17, 15) is 0 Å². The van der Waals surface area contributed by atoms with Crippen molar-refractivity contribution in [2.75, 3.05) is 0 Å². The molecule has 0 saturated heterocycles. The van der Waals surface area contributed by atoms with Crippen molar-refractivity contribution >= 4 is 0 Å². The quantitative estimate of drug-likeness (QED) is 0.494. The molecule has 0 aliphatic rings. The summed E-state index contributed by atoms with van der Waals surface area (Å²) < 4.78 is 0. The summed E-state index contributed by atoms with van der Waals surface area (Å²) in [5.74, 6) is 0. The van der Waals surface area contributed by atoms with E-state index in [2.05, 4.69) is 12.7 Å². The van der Waals surface area contributed by atoms with Crippen LogP contribution in [0.15, 0.2) is 43.0 Å². The van der Waals surface area contributed by atoms with Crippen molar-refractivity contribution < 1.29 is 32.7 Å². The van der Waals surface area contributed by atoms with Gasteiger partial charge in [0.1, 0.15) is 0 Å². The monoisotopic (exact) mass is 208 g/mol. The Morgan fingerprint density at radius 2 is 2.00 bits per heavy atom. The first-order valence-corrected chi connectivity index (χ1v) is 2.90. The van der Waals surface area contributed by atoms with Crippen molar-refractivity contribution in [2.45, 2.75) is 6.92 Å². The molecule has 0 aromatic carbocycles. The molecule has 1 radical (unpaired) electrons. The fraction of sp³-hybridized carbons (Fsp3) is 0.111. The largest absolute Gasteiger partial charge is 0.184 e. The molecule has 0 amide bonds. The fourth-order valence-corrected chi connectivity index (χ4v) is 0.331. The second-order valence-corrected chi connectivity index (χ2v) is 1.45. The molecule has 0 aromatic heterocycles. The molecule has 0 fully saturated rings. The Morgan fingerprint density at radius 3 is 2.50 bits per heavy atom. The molecule has 0 bridgehead atoms. The van der Waals surface area contributed by atoms with E-state index < -0.39 is 0 Å². The number of hydrogen-bond acceptors (Lipinski definition) is 0. The minimum Gasteiger partial charge on any atom is -0.184 e. The maximum absolute atomic E-state index is 3.52. The Kier molecular flexibility index (Phi) is 15.0. The predicted octanol–water partition coefficient (Wildman–Crippen LogP) is 2.66. The molecule has 0 nitrogen and oxygen atoms in total. The van der Waals surface area contributed by atoms with Crippen LogP contribution in [-0.4, -0.2) is 0 Å². The second-order valence-electron chi connectivity index (χ2n) is 1.45. The van der Waals surface area contributed by atoms with E-state index in [1.165, 1.54) is 0 Å². The van der Waals surface area contributed by atoms with Crippen molar-refractivity contribution in [3.63, 3.8) is 0 Å². The van der Waals surface area contributed by atoms with Gasteiger partial charge < -0.3 is 0 Å². The normalized spacial score (nSPS) is 10.9. The summed E-state index contributed by atoms with van der Waals surface area (Å²) in [4.78, 5) is 0. The van der Waals surface area contributed by atoms with Gasteiger partial charge in [0.25, 0.3) is 0 Å². The van der Waals surface area contributed by atoms with Crippen LogP contribution in [0.4, 0.5) is 0 Å². The number of allylic oxidation sites excluding steroid dienone is 7. The third-order valence-corrected chi connectivity index (χ3v) is 0.713. The summed E-state index contributed by atoms with van der Waals surface area (Å²) in [7, 11) is 0. The summed E-state index contributed by atoms with van der Waals surface area (Å²) in [6.45, 7) is 5.49. The zero-order chi connectivity index (χ0) is 6.95. The minimum absolute atomic E-state index is 0. The van der Waals surface area contributed by atoms with E-state index in [0.29, 0.717) is 0 Å². The van der Waals surface area contributed by atoms with Gasteiger partial charge in [0.2, 0.25) is 0 Å². The van der Waals surface area contributed by atoms with Crippen LogP contribution < -0.4 is 0 Å². The average molecular weight is 208 g/mol. The Labute approximate surface area is 88.3 Å². The van der Waals surface area contributed by atoms with E-state index in [1.807, 2.05) is 37.3 Å².